The number of rotatable bonds is 5. The lowest BCUT2D eigenvalue weighted by Crippen LogP contribution is -2.39. The van der Waals surface area contributed by atoms with E-state index >= 15 is 0 Å². The molecular weight excluding hydrogens is 418 g/mol. The fourth-order valence-corrected chi connectivity index (χ4v) is 3.46. The zero-order valence-corrected chi connectivity index (χ0v) is 21.1. The van der Waals surface area contributed by atoms with Crippen LogP contribution >= 0.6 is 0 Å². The minimum absolute atomic E-state index is 0.0775. The molecule has 0 bridgehead atoms. The number of hydrogen-bond acceptors (Lipinski definition) is 4. The largest absolute Gasteiger partial charge is 0.505 e. The number of amides is 1. The number of hydrogen-bond donors (Lipinski definition) is 3. The third-order valence-corrected chi connectivity index (χ3v) is 5.52. The molecule has 0 saturated carbocycles. The molecule has 2 aromatic rings. The van der Waals surface area contributed by atoms with Crippen LogP contribution in [-0.4, -0.2) is 41.7 Å². The van der Waals surface area contributed by atoms with Crippen molar-refractivity contribution < 1.29 is 14.3 Å². The van der Waals surface area contributed by atoms with E-state index in [2.05, 4.69) is 10.3 Å². The molecule has 0 spiro atoms. The molecule has 0 aliphatic rings. The number of aliphatic imine (C=N–C) groups is 1. The van der Waals surface area contributed by atoms with E-state index < -0.39 is 0 Å². The highest BCUT2D eigenvalue weighted by Gasteiger charge is 2.27. The van der Waals surface area contributed by atoms with Crippen LogP contribution in [0.4, 0.5) is 5.69 Å². The summed E-state index contributed by atoms with van der Waals surface area (Å²) in [6.45, 7) is 13.7. The highest BCUT2D eigenvalue weighted by molar-refractivity contribution is 6.41. The average Bonchev–Trinajstić information content (AvgIpc) is 3.03. The van der Waals surface area contributed by atoms with Crippen molar-refractivity contribution in [3.8, 4) is 5.75 Å². The number of benzene rings is 1. The summed E-state index contributed by atoms with van der Waals surface area (Å²) in [6, 6.07) is 4.91. The zero-order valence-electron chi connectivity index (χ0n) is 21.1. The predicted octanol–water partition coefficient (Wildman–Crippen LogP) is 4.54. The Morgan fingerprint density at radius 2 is 1.85 bits per heavy atom. The van der Waals surface area contributed by atoms with Gasteiger partial charge in [-0.2, -0.15) is 0 Å². The fraction of sp³-hybridized carbons (Fsp3) is 0.480. The summed E-state index contributed by atoms with van der Waals surface area (Å²) in [5, 5.41) is 24.5. The van der Waals surface area contributed by atoms with Gasteiger partial charge in [0.15, 0.2) is 5.75 Å². The Labute approximate surface area is 196 Å². The van der Waals surface area contributed by atoms with E-state index in [4.69, 9.17) is 10.2 Å². The maximum Gasteiger partial charge on any atom is 0.257 e. The van der Waals surface area contributed by atoms with Crippen LogP contribution in [0.25, 0.3) is 5.41 Å². The Morgan fingerprint density at radius 1 is 1.24 bits per heavy atom. The number of furan rings is 1. The summed E-state index contributed by atoms with van der Waals surface area (Å²) < 4.78 is 5.82. The molecule has 180 valence electrons. The van der Waals surface area contributed by atoms with Crippen molar-refractivity contribution in [2.45, 2.75) is 59.9 Å². The lowest BCUT2D eigenvalue weighted by molar-refractivity contribution is 0.0822. The third kappa shape index (κ3) is 5.74. The van der Waals surface area contributed by atoms with Crippen LogP contribution in [0.1, 0.15) is 73.7 Å². The molecule has 0 fully saturated rings. The molecular formula is C25H36N5O3-. The first-order valence-electron chi connectivity index (χ1n) is 11.0. The van der Waals surface area contributed by atoms with E-state index in [-0.39, 0.29) is 52.0 Å². The summed E-state index contributed by atoms with van der Waals surface area (Å²) in [5.74, 6) is 0.366. The van der Waals surface area contributed by atoms with E-state index in [1.165, 1.54) is 4.90 Å². The topological polar surface area (TPSA) is 126 Å². The molecule has 33 heavy (non-hydrogen) atoms. The normalized spacial score (nSPS) is 13.2. The molecule has 2 rings (SSSR count). The molecule has 1 heterocycles. The number of phenols is 1. The van der Waals surface area contributed by atoms with Crippen LogP contribution in [0, 0.1) is 19.8 Å². The van der Waals surface area contributed by atoms with Crippen molar-refractivity contribution >= 4 is 23.3 Å². The minimum atomic E-state index is -0.383. The molecule has 0 aliphatic carbocycles. The molecule has 4 N–H and O–H groups in total. The third-order valence-electron chi connectivity index (χ3n) is 5.52. The average molecular weight is 455 g/mol. The quantitative estimate of drug-likeness (QED) is 0.451. The lowest BCUT2D eigenvalue weighted by Gasteiger charge is -2.28. The van der Waals surface area contributed by atoms with Gasteiger partial charge in [0.05, 0.1) is 5.56 Å². The Balaban J connectivity index is 2.43. The number of nitrogens with zero attached hydrogens (tertiary/aromatic N) is 3. The van der Waals surface area contributed by atoms with Crippen LogP contribution in [0.3, 0.4) is 0 Å². The van der Waals surface area contributed by atoms with Crippen LogP contribution in [0.5, 0.6) is 5.75 Å². The van der Waals surface area contributed by atoms with Crippen molar-refractivity contribution in [1.29, 1.82) is 0 Å². The van der Waals surface area contributed by atoms with Gasteiger partial charge in [0.1, 0.15) is 23.0 Å². The summed E-state index contributed by atoms with van der Waals surface area (Å²) in [5.41, 5.74) is 7.62. The maximum absolute atomic E-state index is 12.8. The first-order valence-corrected chi connectivity index (χ1v) is 11.0. The minimum Gasteiger partial charge on any atom is -0.505 e. The number of amidine groups is 2. The van der Waals surface area contributed by atoms with Gasteiger partial charge in [0.25, 0.3) is 5.91 Å². The van der Waals surface area contributed by atoms with Crippen LogP contribution in [0.2, 0.25) is 0 Å². The Bertz CT molecular complexity index is 1050. The fourth-order valence-electron chi connectivity index (χ4n) is 3.46. The van der Waals surface area contributed by atoms with Gasteiger partial charge in [-0.25, -0.2) is 4.99 Å². The van der Waals surface area contributed by atoms with E-state index in [9.17, 15) is 15.3 Å². The predicted molar refractivity (Wildman–Crippen MR) is 133 cm³/mol. The standard InChI is InChI=1S/C25H36N5O3/c1-13(2)20(18-12-14(3)15(4)33-18)29-23(27)22(26)28-17-11-10-16(25(5,6)7)19(21(17)31)24(32)30(8)9/h10-13,20H,1-9H3,(H4-,26,27,28,29,31,32)/q-1/t20-/m1/s1. The number of aromatic hydroxyl groups is 1. The van der Waals surface area contributed by atoms with Gasteiger partial charge in [0.2, 0.25) is 0 Å². The van der Waals surface area contributed by atoms with Crippen molar-refractivity contribution in [2.24, 2.45) is 16.6 Å². The van der Waals surface area contributed by atoms with E-state index in [1.54, 1.807) is 26.2 Å². The summed E-state index contributed by atoms with van der Waals surface area (Å²) in [7, 11) is 3.23. The van der Waals surface area contributed by atoms with E-state index in [1.807, 2.05) is 54.5 Å². The van der Waals surface area contributed by atoms with Gasteiger partial charge in [-0.3, -0.25) is 4.79 Å². The highest BCUT2D eigenvalue weighted by atomic mass is 16.3. The number of carbonyl (C=O) groups excluding carboxylic acids is 1. The van der Waals surface area contributed by atoms with Crippen LogP contribution in [0.15, 0.2) is 27.6 Å². The number of phenolic OH excluding ortho intramolecular Hbond substituents is 1. The van der Waals surface area contributed by atoms with Gasteiger partial charge >= 0.3 is 0 Å². The van der Waals surface area contributed by atoms with Gasteiger partial charge < -0.3 is 30.9 Å². The second-order valence-electron chi connectivity index (χ2n) is 9.91. The Kier molecular flexibility index (Phi) is 7.62. The van der Waals surface area contributed by atoms with E-state index in [0.29, 0.717) is 11.3 Å². The molecule has 0 radical (unpaired) electrons. The number of aryl methyl sites for hydroxylation is 2. The first-order chi connectivity index (χ1) is 15.1. The lowest BCUT2D eigenvalue weighted by atomic mass is 9.82. The maximum atomic E-state index is 12.8. The monoisotopic (exact) mass is 454 g/mol. The molecule has 0 aliphatic heterocycles. The Hall–Kier alpha value is -3.29. The summed E-state index contributed by atoms with van der Waals surface area (Å²) in [6.07, 6.45) is 0. The van der Waals surface area contributed by atoms with Gasteiger partial charge in [-0.15, -0.1) is 0 Å². The number of nitrogens with two attached hydrogens (primary N) is 1. The second-order valence-corrected chi connectivity index (χ2v) is 9.91. The van der Waals surface area contributed by atoms with Crippen LogP contribution in [-0.2, 0) is 5.41 Å². The van der Waals surface area contributed by atoms with Crippen molar-refractivity contribution in [3.63, 3.8) is 0 Å². The second kappa shape index (κ2) is 9.68. The molecule has 8 nitrogen and oxygen atoms in total. The molecule has 0 unspecified atom stereocenters. The summed E-state index contributed by atoms with van der Waals surface area (Å²) >= 11 is 0. The SMILES string of the molecule is Cc1cc([C@H](NC(=[N-])C(N)=Nc2ccc(C(C)(C)C)c(C(=O)N(C)C)c2O)C(C)C)oc1C. The Morgan fingerprint density at radius 3 is 2.30 bits per heavy atom. The van der Waals surface area contributed by atoms with Gasteiger partial charge in [-0.1, -0.05) is 40.7 Å². The number of carbonyl (C=O) groups is 1. The van der Waals surface area contributed by atoms with Gasteiger partial charge in [0, 0.05) is 20.1 Å². The van der Waals surface area contributed by atoms with Crippen molar-refractivity contribution in [3.05, 3.63) is 51.8 Å². The molecule has 0 saturated heterocycles. The van der Waals surface area contributed by atoms with Crippen molar-refractivity contribution in [2.75, 3.05) is 14.1 Å². The molecule has 8 heteroatoms. The molecule has 1 atom stereocenters. The number of nitrogens with one attached hydrogen (secondary N) is 1. The molecule has 1 amide bonds. The van der Waals surface area contributed by atoms with Gasteiger partial charge in [-0.05, 0) is 54.3 Å². The highest BCUT2D eigenvalue weighted by Crippen LogP contribution is 2.38. The summed E-state index contributed by atoms with van der Waals surface area (Å²) in [4.78, 5) is 18.4. The zero-order chi connectivity index (χ0) is 25.2. The van der Waals surface area contributed by atoms with Crippen LogP contribution < -0.4 is 11.1 Å². The van der Waals surface area contributed by atoms with E-state index in [0.717, 1.165) is 11.3 Å². The smallest absolute Gasteiger partial charge is 0.257 e. The van der Waals surface area contributed by atoms with Crippen molar-refractivity contribution in [1.82, 2.24) is 10.2 Å². The molecule has 1 aromatic heterocycles. The first kappa shape index (κ1) is 26.0. The molecule has 1 aromatic carbocycles.